The zero-order valence-corrected chi connectivity index (χ0v) is 19.1. The third-order valence-electron chi connectivity index (χ3n) is 4.84. The van der Waals surface area contributed by atoms with E-state index in [4.69, 9.17) is 23.2 Å². The van der Waals surface area contributed by atoms with Gasteiger partial charge in [-0.15, -0.1) is 11.3 Å². The Kier molecular flexibility index (Phi) is 5.91. The topological polar surface area (TPSA) is 84.3 Å². The van der Waals surface area contributed by atoms with Crippen LogP contribution in [0.1, 0.15) is 23.3 Å². The molecule has 7 nitrogen and oxygen atoms in total. The van der Waals surface area contributed by atoms with Gasteiger partial charge in [0.25, 0.3) is 5.91 Å². The summed E-state index contributed by atoms with van der Waals surface area (Å²) in [6.45, 7) is 1.01. The molecule has 3 heterocycles. The van der Waals surface area contributed by atoms with E-state index in [-0.39, 0.29) is 10.6 Å². The molecule has 0 spiro atoms. The van der Waals surface area contributed by atoms with Crippen molar-refractivity contribution in [1.82, 2.24) is 13.9 Å². The molecule has 1 fully saturated rings. The first-order valence-corrected chi connectivity index (χ1v) is 12.2. The number of hydrogen-bond acceptors (Lipinski definition) is 5. The zero-order valence-electron chi connectivity index (χ0n) is 15.9. The first kappa shape index (κ1) is 21.3. The van der Waals surface area contributed by atoms with E-state index in [1.165, 1.54) is 32.5 Å². The number of benzene rings is 1. The van der Waals surface area contributed by atoms with Crippen molar-refractivity contribution < 1.29 is 13.2 Å². The predicted octanol–water partition coefficient (Wildman–Crippen LogP) is 4.49. The summed E-state index contributed by atoms with van der Waals surface area (Å²) in [7, 11) is -1.96. The molecular formula is C19H18Cl2N4O3S2. The quantitative estimate of drug-likeness (QED) is 0.577. The van der Waals surface area contributed by atoms with E-state index in [1.807, 2.05) is 0 Å². The normalized spacial score (nSPS) is 14.9. The van der Waals surface area contributed by atoms with Gasteiger partial charge in [0.1, 0.15) is 10.6 Å². The number of thiazole rings is 1. The van der Waals surface area contributed by atoms with Crippen LogP contribution in [-0.2, 0) is 17.1 Å². The maximum Gasteiger partial charge on any atom is 0.274 e. The average Bonchev–Trinajstić information content (AvgIpc) is 3.44. The second kappa shape index (κ2) is 8.32. The number of aromatic nitrogens is 2. The first-order chi connectivity index (χ1) is 14.3. The molecule has 2 aromatic heterocycles. The van der Waals surface area contributed by atoms with Crippen molar-refractivity contribution in [2.24, 2.45) is 7.05 Å². The van der Waals surface area contributed by atoms with Crippen LogP contribution in [-0.4, -0.2) is 41.3 Å². The van der Waals surface area contributed by atoms with Crippen molar-refractivity contribution in [3.63, 3.8) is 0 Å². The lowest BCUT2D eigenvalue weighted by atomic mass is 10.2. The van der Waals surface area contributed by atoms with Crippen molar-refractivity contribution in [3.05, 3.63) is 51.6 Å². The molecule has 4 rings (SSSR count). The fourth-order valence-electron chi connectivity index (χ4n) is 3.29. The highest BCUT2D eigenvalue weighted by Gasteiger charge is 2.29. The van der Waals surface area contributed by atoms with Crippen molar-refractivity contribution in [2.75, 3.05) is 18.4 Å². The SMILES string of the molecule is Cn1cc(S(=O)(=O)N2CCCC2)cc1C(=O)Nc1nc(-c2cc(Cl)ccc2Cl)cs1. The van der Waals surface area contributed by atoms with Crippen LogP contribution in [0, 0.1) is 0 Å². The summed E-state index contributed by atoms with van der Waals surface area (Å²) >= 11 is 13.5. The summed E-state index contributed by atoms with van der Waals surface area (Å²) in [6, 6.07) is 6.47. The van der Waals surface area contributed by atoms with Gasteiger partial charge in [0.2, 0.25) is 10.0 Å². The lowest BCUT2D eigenvalue weighted by molar-refractivity contribution is 0.101. The number of nitrogens with zero attached hydrogens (tertiary/aromatic N) is 3. The maximum atomic E-state index is 12.7. The summed E-state index contributed by atoms with van der Waals surface area (Å²) < 4.78 is 28.4. The fourth-order valence-corrected chi connectivity index (χ4v) is 5.97. The van der Waals surface area contributed by atoms with E-state index in [9.17, 15) is 13.2 Å². The number of nitrogens with one attached hydrogen (secondary N) is 1. The van der Waals surface area contributed by atoms with Crippen molar-refractivity contribution in [2.45, 2.75) is 17.7 Å². The summed E-state index contributed by atoms with van der Waals surface area (Å²) in [6.07, 6.45) is 3.16. The largest absolute Gasteiger partial charge is 0.345 e. The third kappa shape index (κ3) is 4.13. The van der Waals surface area contributed by atoms with E-state index < -0.39 is 15.9 Å². The van der Waals surface area contributed by atoms with Gasteiger partial charge in [-0.2, -0.15) is 4.31 Å². The molecule has 1 N–H and O–H groups in total. The molecule has 0 radical (unpaired) electrons. The Bertz CT molecular complexity index is 1210. The second-order valence-electron chi connectivity index (χ2n) is 6.90. The molecule has 0 saturated carbocycles. The van der Waals surface area contributed by atoms with E-state index in [0.29, 0.717) is 39.5 Å². The maximum absolute atomic E-state index is 12.7. The Morgan fingerprint density at radius 2 is 1.93 bits per heavy atom. The molecule has 0 bridgehead atoms. The lowest BCUT2D eigenvalue weighted by Crippen LogP contribution is -2.27. The van der Waals surface area contributed by atoms with Crippen molar-refractivity contribution in [1.29, 1.82) is 0 Å². The van der Waals surface area contributed by atoms with Gasteiger partial charge in [-0.05, 0) is 37.1 Å². The number of anilines is 1. The number of sulfonamides is 1. The first-order valence-electron chi connectivity index (χ1n) is 9.14. The van der Waals surface area contributed by atoms with Crippen LogP contribution in [0.2, 0.25) is 10.0 Å². The monoisotopic (exact) mass is 484 g/mol. The van der Waals surface area contributed by atoms with Gasteiger partial charge in [-0.3, -0.25) is 10.1 Å². The van der Waals surface area contributed by atoms with Crippen LogP contribution < -0.4 is 5.32 Å². The minimum absolute atomic E-state index is 0.114. The Hall–Kier alpha value is -1.91. The van der Waals surface area contributed by atoms with Gasteiger partial charge in [0.05, 0.1) is 10.7 Å². The summed E-state index contributed by atoms with van der Waals surface area (Å²) in [5, 5.41) is 5.89. The second-order valence-corrected chi connectivity index (χ2v) is 10.5. The summed E-state index contributed by atoms with van der Waals surface area (Å²) in [5.41, 5.74) is 1.48. The van der Waals surface area contributed by atoms with E-state index in [1.54, 1.807) is 30.6 Å². The number of rotatable bonds is 5. The Balaban J connectivity index is 1.55. The smallest absolute Gasteiger partial charge is 0.274 e. The molecular weight excluding hydrogens is 467 g/mol. The van der Waals surface area contributed by atoms with Crippen LogP contribution in [0.15, 0.2) is 40.7 Å². The molecule has 3 aromatic rings. The number of aryl methyl sites for hydroxylation is 1. The molecule has 0 unspecified atom stereocenters. The van der Waals surface area contributed by atoms with Crippen LogP contribution >= 0.6 is 34.5 Å². The molecule has 30 heavy (non-hydrogen) atoms. The number of halogens is 2. The molecule has 1 aliphatic heterocycles. The van der Waals surface area contributed by atoms with Gasteiger partial charge in [-0.25, -0.2) is 13.4 Å². The predicted molar refractivity (Wildman–Crippen MR) is 119 cm³/mol. The van der Waals surface area contributed by atoms with Crippen LogP contribution in [0.25, 0.3) is 11.3 Å². The summed E-state index contributed by atoms with van der Waals surface area (Å²) in [4.78, 5) is 17.3. The van der Waals surface area contributed by atoms with Crippen molar-refractivity contribution >= 4 is 55.6 Å². The minimum Gasteiger partial charge on any atom is -0.345 e. The molecule has 1 saturated heterocycles. The number of carbonyl (C=O) groups excluding carboxylic acids is 1. The Morgan fingerprint density at radius 3 is 2.67 bits per heavy atom. The molecule has 11 heteroatoms. The zero-order chi connectivity index (χ0) is 21.5. The standard InChI is InChI=1S/C19H18Cl2N4O3S2/c1-24-10-13(30(27,28)25-6-2-3-7-25)9-17(24)18(26)23-19-22-16(11-29-19)14-8-12(20)4-5-15(14)21/h4-5,8-11H,2-3,6-7H2,1H3,(H,22,23,26). The number of hydrogen-bond donors (Lipinski definition) is 1. The molecule has 1 aromatic carbocycles. The van der Waals surface area contributed by atoms with Crippen LogP contribution in [0.4, 0.5) is 5.13 Å². The molecule has 0 atom stereocenters. The minimum atomic E-state index is -3.60. The fraction of sp³-hybridized carbons (Fsp3) is 0.263. The highest BCUT2D eigenvalue weighted by molar-refractivity contribution is 7.89. The molecule has 0 aliphatic carbocycles. The van der Waals surface area contributed by atoms with Gasteiger partial charge in [0, 0.05) is 42.3 Å². The van der Waals surface area contributed by atoms with Gasteiger partial charge >= 0.3 is 0 Å². The number of amides is 1. The third-order valence-corrected chi connectivity index (χ3v) is 8.03. The molecule has 1 amide bonds. The van der Waals surface area contributed by atoms with Crippen molar-refractivity contribution in [3.8, 4) is 11.3 Å². The van der Waals surface area contributed by atoms with Crippen LogP contribution in [0.3, 0.4) is 0 Å². The summed E-state index contributed by atoms with van der Waals surface area (Å²) in [5.74, 6) is -0.446. The highest BCUT2D eigenvalue weighted by Crippen LogP contribution is 2.33. The van der Waals surface area contributed by atoms with E-state index in [2.05, 4.69) is 10.3 Å². The molecule has 158 valence electrons. The highest BCUT2D eigenvalue weighted by atomic mass is 35.5. The van der Waals surface area contributed by atoms with Gasteiger partial charge in [-0.1, -0.05) is 23.2 Å². The van der Waals surface area contributed by atoms with E-state index >= 15 is 0 Å². The lowest BCUT2D eigenvalue weighted by Gasteiger charge is -2.13. The van der Waals surface area contributed by atoms with Crippen LogP contribution in [0.5, 0.6) is 0 Å². The Labute approximate surface area is 188 Å². The van der Waals surface area contributed by atoms with Gasteiger partial charge in [0.15, 0.2) is 5.13 Å². The van der Waals surface area contributed by atoms with Gasteiger partial charge < -0.3 is 4.57 Å². The number of carbonyl (C=O) groups is 1. The molecule has 1 aliphatic rings. The Morgan fingerprint density at radius 1 is 1.20 bits per heavy atom. The van der Waals surface area contributed by atoms with E-state index in [0.717, 1.165) is 12.8 Å². The average molecular weight is 485 g/mol.